The van der Waals surface area contributed by atoms with Gasteiger partial charge in [-0.15, -0.1) is 0 Å². The number of carbonyl (C=O) groups is 1. The van der Waals surface area contributed by atoms with E-state index in [1.165, 1.54) is 0 Å². The van der Waals surface area contributed by atoms with Gasteiger partial charge < -0.3 is 10.6 Å². The van der Waals surface area contributed by atoms with E-state index in [4.69, 9.17) is 5.73 Å². The zero-order chi connectivity index (χ0) is 13.7. The highest BCUT2D eigenvalue weighted by atomic mass is 32.1. The Hall–Kier alpha value is -1.81. The topological polar surface area (TPSA) is 46.3 Å². The molecule has 1 aromatic carbocycles. The predicted molar refractivity (Wildman–Crippen MR) is 80.2 cm³/mol. The summed E-state index contributed by atoms with van der Waals surface area (Å²) >= 11 is 1.54. The number of anilines is 1. The van der Waals surface area contributed by atoms with E-state index in [2.05, 4.69) is 6.92 Å². The van der Waals surface area contributed by atoms with Crippen molar-refractivity contribution >= 4 is 22.9 Å². The lowest BCUT2D eigenvalue weighted by Crippen LogP contribution is -2.31. The first-order valence-corrected chi connectivity index (χ1v) is 7.31. The molecule has 0 fully saturated rings. The molecule has 19 heavy (non-hydrogen) atoms. The molecule has 0 aliphatic heterocycles. The number of hydrogen-bond acceptors (Lipinski definition) is 3. The Morgan fingerprint density at radius 3 is 2.74 bits per heavy atom. The molecule has 0 unspecified atom stereocenters. The number of benzene rings is 1. The summed E-state index contributed by atoms with van der Waals surface area (Å²) in [4.78, 5) is 14.3. The van der Waals surface area contributed by atoms with Crippen LogP contribution >= 0.6 is 11.3 Å². The summed E-state index contributed by atoms with van der Waals surface area (Å²) in [6.07, 6.45) is 0.933. The van der Waals surface area contributed by atoms with Gasteiger partial charge in [0.05, 0.1) is 5.56 Å². The van der Waals surface area contributed by atoms with E-state index in [0.717, 1.165) is 29.8 Å². The van der Waals surface area contributed by atoms with Crippen molar-refractivity contribution in [1.29, 1.82) is 0 Å². The van der Waals surface area contributed by atoms with Crippen LogP contribution in [0, 0.1) is 0 Å². The van der Waals surface area contributed by atoms with Crippen molar-refractivity contribution < 1.29 is 4.79 Å². The normalized spacial score (nSPS) is 10.4. The lowest BCUT2D eigenvalue weighted by Gasteiger charge is -2.22. The first-order valence-electron chi connectivity index (χ1n) is 6.37. The summed E-state index contributed by atoms with van der Waals surface area (Å²) in [5, 5.41) is 3.81. The van der Waals surface area contributed by atoms with E-state index in [9.17, 15) is 4.79 Å². The lowest BCUT2D eigenvalue weighted by atomic mass is 10.1. The van der Waals surface area contributed by atoms with Crippen molar-refractivity contribution in [2.24, 2.45) is 0 Å². The minimum atomic E-state index is 0.0753. The maximum absolute atomic E-state index is 12.4. The second-order valence-electron chi connectivity index (χ2n) is 4.44. The van der Waals surface area contributed by atoms with Crippen molar-refractivity contribution in [3.05, 3.63) is 52.2 Å². The van der Waals surface area contributed by atoms with Crippen molar-refractivity contribution in [3.63, 3.8) is 0 Å². The Morgan fingerprint density at radius 2 is 2.11 bits per heavy atom. The van der Waals surface area contributed by atoms with E-state index < -0.39 is 0 Å². The molecular weight excluding hydrogens is 256 g/mol. The third kappa shape index (κ3) is 3.35. The van der Waals surface area contributed by atoms with Crippen LogP contribution in [0.2, 0.25) is 0 Å². The molecule has 1 amide bonds. The monoisotopic (exact) mass is 274 g/mol. The van der Waals surface area contributed by atoms with Crippen LogP contribution in [0.25, 0.3) is 0 Å². The fourth-order valence-corrected chi connectivity index (χ4v) is 2.60. The molecule has 0 saturated heterocycles. The van der Waals surface area contributed by atoms with Gasteiger partial charge in [-0.1, -0.05) is 25.1 Å². The van der Waals surface area contributed by atoms with Crippen molar-refractivity contribution in [1.82, 2.24) is 4.90 Å². The number of para-hydroxylation sites is 1. The van der Waals surface area contributed by atoms with Crippen molar-refractivity contribution in [2.75, 3.05) is 12.3 Å². The summed E-state index contributed by atoms with van der Waals surface area (Å²) in [6.45, 7) is 3.38. The largest absolute Gasteiger partial charge is 0.398 e. The van der Waals surface area contributed by atoms with Crippen LogP contribution in [-0.2, 0) is 6.54 Å². The van der Waals surface area contributed by atoms with Gasteiger partial charge in [0.1, 0.15) is 0 Å². The molecule has 2 N–H and O–H groups in total. The van der Waals surface area contributed by atoms with Gasteiger partial charge in [0, 0.05) is 24.2 Å². The van der Waals surface area contributed by atoms with Gasteiger partial charge in [-0.2, -0.15) is 11.3 Å². The highest BCUT2D eigenvalue weighted by Crippen LogP contribution is 2.17. The molecule has 1 aromatic heterocycles. The van der Waals surface area contributed by atoms with Gasteiger partial charge in [0.25, 0.3) is 5.91 Å². The Labute approximate surface area is 117 Å². The average molecular weight is 274 g/mol. The van der Waals surface area contributed by atoms with Crippen LogP contribution in [0.3, 0.4) is 0 Å². The summed E-state index contributed by atoms with van der Waals surface area (Å²) in [6, 6.07) is 9.56. The van der Waals surface area contributed by atoms with Crippen LogP contribution in [0.1, 0.15) is 29.3 Å². The summed E-state index contributed by atoms with van der Waals surface area (Å²) in [7, 11) is 0. The summed E-state index contributed by atoms with van der Waals surface area (Å²) in [5.74, 6) is 0.0753. The van der Waals surface area contributed by atoms with Gasteiger partial charge in [0.2, 0.25) is 0 Å². The fraction of sp³-hybridized carbons (Fsp3) is 0.267. The zero-order valence-electron chi connectivity index (χ0n) is 11.0. The minimum Gasteiger partial charge on any atom is -0.398 e. The SMILES string of the molecule is CCCN(Cc1ccccc1N)C(=O)c1ccsc1. The molecule has 0 bridgehead atoms. The molecule has 0 spiro atoms. The van der Waals surface area contributed by atoms with E-state index >= 15 is 0 Å². The Kier molecular flexibility index (Phi) is 4.58. The fourth-order valence-electron chi connectivity index (χ4n) is 1.97. The average Bonchev–Trinajstić information content (AvgIpc) is 2.94. The van der Waals surface area contributed by atoms with Crippen LogP contribution in [0.15, 0.2) is 41.1 Å². The van der Waals surface area contributed by atoms with E-state index in [-0.39, 0.29) is 5.91 Å². The van der Waals surface area contributed by atoms with Gasteiger partial charge in [-0.05, 0) is 29.5 Å². The van der Waals surface area contributed by atoms with Gasteiger partial charge in [-0.25, -0.2) is 0 Å². The maximum atomic E-state index is 12.4. The highest BCUT2D eigenvalue weighted by molar-refractivity contribution is 7.08. The second-order valence-corrected chi connectivity index (χ2v) is 5.22. The van der Waals surface area contributed by atoms with Gasteiger partial charge >= 0.3 is 0 Å². The molecule has 2 aromatic rings. The van der Waals surface area contributed by atoms with E-state index in [0.29, 0.717) is 6.54 Å². The highest BCUT2D eigenvalue weighted by Gasteiger charge is 2.16. The Bertz CT molecular complexity index is 537. The van der Waals surface area contributed by atoms with Gasteiger partial charge in [-0.3, -0.25) is 4.79 Å². The number of nitrogen functional groups attached to an aromatic ring is 1. The maximum Gasteiger partial charge on any atom is 0.254 e. The van der Waals surface area contributed by atoms with E-state index in [1.807, 2.05) is 46.0 Å². The number of nitrogens with zero attached hydrogens (tertiary/aromatic N) is 1. The summed E-state index contributed by atoms with van der Waals surface area (Å²) < 4.78 is 0. The quantitative estimate of drug-likeness (QED) is 0.850. The van der Waals surface area contributed by atoms with Crippen LogP contribution in [0.4, 0.5) is 5.69 Å². The van der Waals surface area contributed by atoms with Crippen molar-refractivity contribution in [3.8, 4) is 0 Å². The molecule has 0 aliphatic carbocycles. The molecule has 4 heteroatoms. The third-order valence-corrected chi connectivity index (χ3v) is 3.65. The summed E-state index contributed by atoms with van der Waals surface area (Å²) in [5.41, 5.74) is 8.44. The van der Waals surface area contributed by atoms with Crippen LogP contribution in [-0.4, -0.2) is 17.4 Å². The number of carbonyl (C=O) groups excluding carboxylic acids is 1. The molecule has 0 saturated carbocycles. The molecule has 100 valence electrons. The lowest BCUT2D eigenvalue weighted by molar-refractivity contribution is 0.0744. The molecule has 3 nitrogen and oxygen atoms in total. The molecule has 0 radical (unpaired) electrons. The second kappa shape index (κ2) is 6.38. The number of amides is 1. The first-order chi connectivity index (χ1) is 9.22. The Balaban J connectivity index is 2.17. The predicted octanol–water partition coefficient (Wildman–Crippen LogP) is 3.38. The van der Waals surface area contributed by atoms with Gasteiger partial charge in [0.15, 0.2) is 0 Å². The standard InChI is InChI=1S/C15H18N2OS/c1-2-8-17(15(18)13-7-9-19-11-13)10-12-5-3-4-6-14(12)16/h3-7,9,11H,2,8,10,16H2,1H3. The smallest absolute Gasteiger partial charge is 0.254 e. The van der Waals surface area contributed by atoms with Crippen molar-refractivity contribution in [2.45, 2.75) is 19.9 Å². The molecular formula is C15H18N2OS. The molecule has 1 heterocycles. The number of hydrogen-bond donors (Lipinski definition) is 1. The third-order valence-electron chi connectivity index (χ3n) is 2.97. The molecule has 0 atom stereocenters. The van der Waals surface area contributed by atoms with E-state index in [1.54, 1.807) is 11.3 Å². The zero-order valence-corrected chi connectivity index (χ0v) is 11.8. The number of thiophene rings is 1. The number of rotatable bonds is 5. The van der Waals surface area contributed by atoms with Crippen LogP contribution < -0.4 is 5.73 Å². The Morgan fingerprint density at radius 1 is 1.32 bits per heavy atom. The van der Waals surface area contributed by atoms with Crippen LogP contribution in [0.5, 0.6) is 0 Å². The molecule has 2 rings (SSSR count). The number of nitrogens with two attached hydrogens (primary N) is 1. The minimum absolute atomic E-state index is 0.0753. The first kappa shape index (κ1) is 13.6. The molecule has 0 aliphatic rings.